The van der Waals surface area contributed by atoms with Gasteiger partial charge in [-0.3, -0.25) is 9.59 Å². The molecule has 2 fully saturated rings. The summed E-state index contributed by atoms with van der Waals surface area (Å²) >= 11 is 0. The van der Waals surface area contributed by atoms with Gasteiger partial charge >= 0.3 is 0 Å². The van der Waals surface area contributed by atoms with Crippen molar-refractivity contribution in [2.75, 3.05) is 32.8 Å². The van der Waals surface area contributed by atoms with Crippen LogP contribution in [0.15, 0.2) is 0 Å². The van der Waals surface area contributed by atoms with Crippen LogP contribution in [0, 0.1) is 0 Å². The maximum absolute atomic E-state index is 12.2. The van der Waals surface area contributed by atoms with E-state index >= 15 is 0 Å². The molecule has 0 atom stereocenters. The third kappa shape index (κ3) is 3.25. The number of amides is 2. The SMILES string of the molecule is CC1(C)C(=O)NCCN1C(=O)COC1CCNCC1. The minimum absolute atomic E-state index is 0.0708. The lowest BCUT2D eigenvalue weighted by atomic mass is 9.99. The topological polar surface area (TPSA) is 70.7 Å². The molecular weight excluding hydrogens is 246 g/mol. The smallest absolute Gasteiger partial charge is 0.249 e. The van der Waals surface area contributed by atoms with Crippen LogP contribution in [0.25, 0.3) is 0 Å². The molecule has 0 aromatic heterocycles. The number of hydrogen-bond donors (Lipinski definition) is 2. The Hall–Kier alpha value is -1.14. The summed E-state index contributed by atoms with van der Waals surface area (Å²) in [6, 6.07) is 0. The highest BCUT2D eigenvalue weighted by atomic mass is 16.5. The van der Waals surface area contributed by atoms with E-state index in [0.29, 0.717) is 13.1 Å². The normalized spacial score (nSPS) is 24.1. The summed E-state index contributed by atoms with van der Waals surface area (Å²) in [5.74, 6) is -0.202. The molecule has 0 radical (unpaired) electrons. The number of rotatable bonds is 3. The summed E-state index contributed by atoms with van der Waals surface area (Å²) in [6.07, 6.45) is 2.04. The van der Waals surface area contributed by atoms with Gasteiger partial charge in [-0.05, 0) is 39.8 Å². The first-order valence-electron chi connectivity index (χ1n) is 6.93. The quantitative estimate of drug-likeness (QED) is 0.724. The number of ether oxygens (including phenoxy) is 1. The Kier molecular flexibility index (Phi) is 4.42. The van der Waals surface area contributed by atoms with E-state index in [1.165, 1.54) is 0 Å². The highest BCUT2D eigenvalue weighted by molar-refractivity contribution is 5.92. The molecule has 6 nitrogen and oxygen atoms in total. The fourth-order valence-corrected chi connectivity index (χ4v) is 2.57. The Bertz CT molecular complexity index is 351. The molecule has 0 unspecified atom stereocenters. The number of piperazine rings is 1. The lowest BCUT2D eigenvalue weighted by Crippen LogP contribution is -2.64. The van der Waals surface area contributed by atoms with E-state index in [-0.39, 0.29) is 24.5 Å². The summed E-state index contributed by atoms with van der Waals surface area (Å²) in [4.78, 5) is 25.6. The highest BCUT2D eigenvalue weighted by Crippen LogP contribution is 2.18. The van der Waals surface area contributed by atoms with Gasteiger partial charge in [0.1, 0.15) is 12.1 Å². The first-order chi connectivity index (χ1) is 9.01. The summed E-state index contributed by atoms with van der Waals surface area (Å²) in [5, 5.41) is 6.04. The number of piperidine rings is 1. The summed E-state index contributed by atoms with van der Waals surface area (Å²) in [5.41, 5.74) is -0.785. The van der Waals surface area contributed by atoms with Crippen molar-refractivity contribution in [3.63, 3.8) is 0 Å². The van der Waals surface area contributed by atoms with Crippen molar-refractivity contribution in [3.8, 4) is 0 Å². The second-order valence-corrected chi connectivity index (χ2v) is 5.62. The lowest BCUT2D eigenvalue weighted by Gasteiger charge is -2.41. The average Bonchev–Trinajstić information content (AvgIpc) is 2.40. The molecule has 2 heterocycles. The Labute approximate surface area is 113 Å². The zero-order valence-corrected chi connectivity index (χ0v) is 11.7. The van der Waals surface area contributed by atoms with Crippen molar-refractivity contribution < 1.29 is 14.3 Å². The Morgan fingerprint density at radius 2 is 2.05 bits per heavy atom. The molecule has 0 aliphatic carbocycles. The summed E-state index contributed by atoms with van der Waals surface area (Å²) in [6.45, 7) is 6.55. The van der Waals surface area contributed by atoms with Gasteiger partial charge in [0.2, 0.25) is 11.8 Å². The van der Waals surface area contributed by atoms with Gasteiger partial charge in [0.05, 0.1) is 6.10 Å². The predicted molar refractivity (Wildman–Crippen MR) is 70.6 cm³/mol. The molecule has 19 heavy (non-hydrogen) atoms. The van der Waals surface area contributed by atoms with E-state index in [2.05, 4.69) is 10.6 Å². The molecule has 2 aliphatic heterocycles. The minimum Gasteiger partial charge on any atom is -0.368 e. The van der Waals surface area contributed by atoms with E-state index in [4.69, 9.17) is 4.74 Å². The second kappa shape index (κ2) is 5.88. The maximum Gasteiger partial charge on any atom is 0.249 e. The largest absolute Gasteiger partial charge is 0.368 e. The summed E-state index contributed by atoms with van der Waals surface area (Å²) in [7, 11) is 0. The predicted octanol–water partition coefficient (Wildman–Crippen LogP) is -0.508. The van der Waals surface area contributed by atoms with Crippen LogP contribution in [0.1, 0.15) is 26.7 Å². The van der Waals surface area contributed by atoms with Gasteiger partial charge in [0.15, 0.2) is 0 Å². The average molecular weight is 269 g/mol. The zero-order chi connectivity index (χ0) is 13.9. The third-order valence-electron chi connectivity index (χ3n) is 3.88. The van der Waals surface area contributed by atoms with Crippen LogP contribution in [0.2, 0.25) is 0 Å². The standard InChI is InChI=1S/C13H23N3O3/c1-13(2)12(18)15-7-8-16(13)11(17)9-19-10-3-5-14-6-4-10/h10,14H,3-9H2,1-2H3,(H,15,18). The van der Waals surface area contributed by atoms with Gasteiger partial charge in [-0.15, -0.1) is 0 Å². The van der Waals surface area contributed by atoms with Crippen LogP contribution in [0.5, 0.6) is 0 Å². The van der Waals surface area contributed by atoms with Gasteiger partial charge in [0, 0.05) is 13.1 Å². The van der Waals surface area contributed by atoms with Gasteiger partial charge in [0.25, 0.3) is 0 Å². The Morgan fingerprint density at radius 1 is 1.37 bits per heavy atom. The lowest BCUT2D eigenvalue weighted by molar-refractivity contribution is -0.153. The number of nitrogens with zero attached hydrogens (tertiary/aromatic N) is 1. The van der Waals surface area contributed by atoms with Crippen molar-refractivity contribution in [2.24, 2.45) is 0 Å². The molecule has 2 rings (SSSR count). The maximum atomic E-state index is 12.2. The highest BCUT2D eigenvalue weighted by Gasteiger charge is 2.40. The van der Waals surface area contributed by atoms with Crippen LogP contribution in [-0.2, 0) is 14.3 Å². The van der Waals surface area contributed by atoms with Crippen LogP contribution in [-0.4, -0.2) is 61.1 Å². The number of hydrogen-bond acceptors (Lipinski definition) is 4. The molecule has 2 saturated heterocycles. The molecule has 108 valence electrons. The van der Waals surface area contributed by atoms with E-state index < -0.39 is 5.54 Å². The Morgan fingerprint density at radius 3 is 2.74 bits per heavy atom. The number of nitrogens with one attached hydrogen (secondary N) is 2. The molecule has 2 amide bonds. The van der Waals surface area contributed by atoms with E-state index in [0.717, 1.165) is 25.9 Å². The van der Waals surface area contributed by atoms with Gasteiger partial charge < -0.3 is 20.3 Å². The van der Waals surface area contributed by atoms with Gasteiger partial charge in [-0.2, -0.15) is 0 Å². The molecule has 0 aromatic carbocycles. The van der Waals surface area contributed by atoms with Crippen molar-refractivity contribution >= 4 is 11.8 Å². The fraction of sp³-hybridized carbons (Fsp3) is 0.846. The van der Waals surface area contributed by atoms with Crippen molar-refractivity contribution in [2.45, 2.75) is 38.3 Å². The molecule has 0 aromatic rings. The number of carbonyl (C=O) groups excluding carboxylic acids is 2. The molecule has 0 spiro atoms. The van der Waals surface area contributed by atoms with Crippen molar-refractivity contribution in [1.29, 1.82) is 0 Å². The zero-order valence-electron chi connectivity index (χ0n) is 11.7. The Balaban J connectivity index is 1.86. The van der Waals surface area contributed by atoms with E-state index in [9.17, 15) is 9.59 Å². The van der Waals surface area contributed by atoms with Gasteiger partial charge in [-0.25, -0.2) is 0 Å². The molecule has 2 aliphatic rings. The van der Waals surface area contributed by atoms with Crippen molar-refractivity contribution in [3.05, 3.63) is 0 Å². The molecular formula is C13H23N3O3. The van der Waals surface area contributed by atoms with Crippen LogP contribution < -0.4 is 10.6 Å². The first kappa shape index (κ1) is 14.3. The third-order valence-corrected chi connectivity index (χ3v) is 3.88. The van der Waals surface area contributed by atoms with Crippen molar-refractivity contribution in [1.82, 2.24) is 15.5 Å². The fourth-order valence-electron chi connectivity index (χ4n) is 2.57. The molecule has 0 saturated carbocycles. The van der Waals surface area contributed by atoms with Gasteiger partial charge in [-0.1, -0.05) is 0 Å². The minimum atomic E-state index is -0.785. The number of carbonyl (C=O) groups is 2. The van der Waals surface area contributed by atoms with Crippen LogP contribution in [0.3, 0.4) is 0 Å². The monoisotopic (exact) mass is 269 g/mol. The first-order valence-corrected chi connectivity index (χ1v) is 6.93. The molecule has 2 N–H and O–H groups in total. The second-order valence-electron chi connectivity index (χ2n) is 5.62. The molecule has 0 bridgehead atoms. The van der Waals surface area contributed by atoms with E-state index in [1.54, 1.807) is 18.7 Å². The van der Waals surface area contributed by atoms with E-state index in [1.807, 2.05) is 0 Å². The van der Waals surface area contributed by atoms with Crippen LogP contribution >= 0.6 is 0 Å². The molecule has 6 heteroatoms. The summed E-state index contributed by atoms with van der Waals surface area (Å²) < 4.78 is 5.66. The van der Waals surface area contributed by atoms with Crippen LogP contribution in [0.4, 0.5) is 0 Å².